The third-order valence-electron chi connectivity index (χ3n) is 3.68. The minimum atomic E-state index is -0.537. The van der Waals surface area contributed by atoms with Gasteiger partial charge in [-0.15, -0.1) is 0 Å². The number of rotatable bonds is 5. The number of carbonyl (C=O) groups is 1. The van der Waals surface area contributed by atoms with Gasteiger partial charge in [0.15, 0.2) is 0 Å². The molecular weight excluding hydrogens is 290 g/mol. The SMILES string of the molecule is CCOC(=O)CC[C@H]1O[C@@H](n2cc(C)c(=O)[nH]c2=O)C[C@@H]1N. The molecule has 0 saturated carbocycles. The lowest BCUT2D eigenvalue weighted by Crippen LogP contribution is -2.33. The highest BCUT2D eigenvalue weighted by Crippen LogP contribution is 2.28. The molecule has 1 fully saturated rings. The molecule has 1 aromatic heterocycles. The number of esters is 1. The predicted octanol–water partition coefficient (Wildman–Crippen LogP) is -0.197. The number of H-pyrrole nitrogens is 1. The summed E-state index contributed by atoms with van der Waals surface area (Å²) in [6.07, 6.45) is 1.70. The number of aromatic nitrogens is 2. The third-order valence-corrected chi connectivity index (χ3v) is 3.68. The first kappa shape index (κ1) is 16.4. The highest BCUT2D eigenvalue weighted by Gasteiger charge is 2.34. The standard InChI is InChI=1S/C14H21N3O5/c1-3-21-12(18)5-4-10-9(15)6-11(22-10)17-7-8(2)13(19)16-14(17)20/h7,9-11H,3-6,15H2,1-2H3,(H,16,19,20)/t9-,10+,11+/m0/s1. The molecule has 1 aromatic rings. The van der Waals surface area contributed by atoms with Crippen molar-refractivity contribution in [1.29, 1.82) is 0 Å². The summed E-state index contributed by atoms with van der Waals surface area (Å²) in [4.78, 5) is 36.9. The van der Waals surface area contributed by atoms with Crippen LogP contribution in [0.1, 0.15) is 38.0 Å². The molecule has 22 heavy (non-hydrogen) atoms. The molecule has 122 valence electrons. The summed E-state index contributed by atoms with van der Waals surface area (Å²) >= 11 is 0. The number of hydrogen-bond donors (Lipinski definition) is 2. The third kappa shape index (κ3) is 3.63. The first-order valence-electron chi connectivity index (χ1n) is 7.31. The summed E-state index contributed by atoms with van der Waals surface area (Å²) in [6.45, 7) is 3.70. The molecular formula is C14H21N3O5. The summed E-state index contributed by atoms with van der Waals surface area (Å²) in [5, 5.41) is 0. The van der Waals surface area contributed by atoms with Crippen molar-refractivity contribution in [2.45, 2.75) is 51.5 Å². The van der Waals surface area contributed by atoms with Crippen LogP contribution in [0.2, 0.25) is 0 Å². The van der Waals surface area contributed by atoms with Crippen LogP contribution >= 0.6 is 0 Å². The fourth-order valence-electron chi connectivity index (χ4n) is 2.50. The van der Waals surface area contributed by atoms with Crippen LogP contribution in [-0.2, 0) is 14.3 Å². The topological polar surface area (TPSA) is 116 Å². The molecule has 1 aliphatic rings. The van der Waals surface area contributed by atoms with Crippen LogP contribution in [-0.4, -0.2) is 34.3 Å². The summed E-state index contributed by atoms with van der Waals surface area (Å²) in [7, 11) is 0. The van der Waals surface area contributed by atoms with Crippen LogP contribution in [0.25, 0.3) is 0 Å². The Hall–Kier alpha value is -1.93. The maximum absolute atomic E-state index is 11.9. The van der Waals surface area contributed by atoms with E-state index in [-0.39, 0.29) is 24.5 Å². The molecule has 0 radical (unpaired) electrons. The van der Waals surface area contributed by atoms with Gasteiger partial charge in [-0.3, -0.25) is 19.1 Å². The Labute approximate surface area is 127 Å². The molecule has 3 atom stereocenters. The first-order chi connectivity index (χ1) is 10.4. The van der Waals surface area contributed by atoms with Gasteiger partial charge in [-0.2, -0.15) is 0 Å². The molecule has 3 N–H and O–H groups in total. The zero-order chi connectivity index (χ0) is 16.3. The summed E-state index contributed by atoms with van der Waals surface area (Å²) < 4.78 is 12.0. The number of carbonyl (C=O) groups excluding carboxylic acids is 1. The number of aromatic amines is 1. The second-order valence-corrected chi connectivity index (χ2v) is 5.35. The quantitative estimate of drug-likeness (QED) is 0.728. The normalized spacial score (nSPS) is 24.4. The number of nitrogens with two attached hydrogens (primary N) is 1. The van der Waals surface area contributed by atoms with Crippen molar-refractivity contribution in [2.75, 3.05) is 6.61 Å². The Morgan fingerprint density at radius 1 is 1.55 bits per heavy atom. The van der Waals surface area contributed by atoms with Crippen LogP contribution in [0.5, 0.6) is 0 Å². The molecule has 1 saturated heterocycles. The second kappa shape index (κ2) is 6.89. The van der Waals surface area contributed by atoms with Gasteiger partial charge in [0.25, 0.3) is 5.56 Å². The summed E-state index contributed by atoms with van der Waals surface area (Å²) in [6, 6.07) is -0.279. The lowest BCUT2D eigenvalue weighted by atomic mass is 10.1. The van der Waals surface area contributed by atoms with Crippen LogP contribution in [0.3, 0.4) is 0 Å². The average molecular weight is 311 g/mol. The Morgan fingerprint density at radius 2 is 2.27 bits per heavy atom. The zero-order valence-electron chi connectivity index (χ0n) is 12.7. The largest absolute Gasteiger partial charge is 0.466 e. The Kier molecular flexibility index (Phi) is 5.15. The molecule has 8 heteroatoms. The van der Waals surface area contributed by atoms with Crippen molar-refractivity contribution in [2.24, 2.45) is 5.73 Å². The molecule has 2 heterocycles. The fourth-order valence-corrected chi connectivity index (χ4v) is 2.50. The van der Waals surface area contributed by atoms with E-state index >= 15 is 0 Å². The maximum atomic E-state index is 11.9. The van der Waals surface area contributed by atoms with Crippen molar-refractivity contribution in [3.63, 3.8) is 0 Å². The van der Waals surface area contributed by atoms with Crippen molar-refractivity contribution < 1.29 is 14.3 Å². The van der Waals surface area contributed by atoms with Gasteiger partial charge in [-0.25, -0.2) is 4.79 Å². The van der Waals surface area contributed by atoms with E-state index in [1.54, 1.807) is 13.8 Å². The van der Waals surface area contributed by atoms with Gasteiger partial charge < -0.3 is 15.2 Å². The van der Waals surface area contributed by atoms with Crippen molar-refractivity contribution >= 4 is 5.97 Å². The monoisotopic (exact) mass is 311 g/mol. The predicted molar refractivity (Wildman–Crippen MR) is 78.4 cm³/mol. The van der Waals surface area contributed by atoms with Crippen LogP contribution < -0.4 is 17.0 Å². The van der Waals surface area contributed by atoms with E-state index in [2.05, 4.69) is 4.98 Å². The van der Waals surface area contributed by atoms with Crippen molar-refractivity contribution in [1.82, 2.24) is 9.55 Å². The van der Waals surface area contributed by atoms with Crippen LogP contribution in [0.4, 0.5) is 0 Å². The highest BCUT2D eigenvalue weighted by atomic mass is 16.5. The lowest BCUT2D eigenvalue weighted by molar-refractivity contribution is -0.144. The molecule has 8 nitrogen and oxygen atoms in total. The van der Waals surface area contributed by atoms with Crippen molar-refractivity contribution in [3.05, 3.63) is 32.6 Å². The average Bonchev–Trinajstić information content (AvgIpc) is 2.82. The van der Waals surface area contributed by atoms with E-state index in [1.807, 2.05) is 0 Å². The number of ether oxygens (including phenoxy) is 2. The van der Waals surface area contributed by atoms with Crippen LogP contribution in [0.15, 0.2) is 15.8 Å². The summed E-state index contributed by atoms with van der Waals surface area (Å²) in [5.41, 5.74) is 5.50. The number of nitrogens with one attached hydrogen (secondary N) is 1. The van der Waals surface area contributed by atoms with E-state index in [1.165, 1.54) is 10.8 Å². The second-order valence-electron chi connectivity index (χ2n) is 5.35. The van der Waals surface area contributed by atoms with Gasteiger partial charge in [-0.05, 0) is 20.3 Å². The number of hydrogen-bond acceptors (Lipinski definition) is 6. The maximum Gasteiger partial charge on any atom is 0.330 e. The zero-order valence-corrected chi connectivity index (χ0v) is 12.7. The van der Waals surface area contributed by atoms with E-state index in [0.717, 1.165) is 0 Å². The lowest BCUT2D eigenvalue weighted by Gasteiger charge is -2.16. The molecule has 0 unspecified atom stereocenters. The fraction of sp³-hybridized carbons (Fsp3) is 0.643. The molecule has 0 aromatic carbocycles. The molecule has 1 aliphatic heterocycles. The molecule has 0 amide bonds. The molecule has 0 spiro atoms. The number of nitrogens with zero attached hydrogens (tertiary/aromatic N) is 1. The van der Waals surface area contributed by atoms with E-state index in [9.17, 15) is 14.4 Å². The molecule has 0 aliphatic carbocycles. The minimum Gasteiger partial charge on any atom is -0.466 e. The van der Waals surface area contributed by atoms with Gasteiger partial charge in [0, 0.05) is 30.6 Å². The van der Waals surface area contributed by atoms with E-state index < -0.39 is 17.5 Å². The van der Waals surface area contributed by atoms with Gasteiger partial charge in [0.2, 0.25) is 0 Å². The van der Waals surface area contributed by atoms with Crippen molar-refractivity contribution in [3.8, 4) is 0 Å². The molecule has 0 bridgehead atoms. The van der Waals surface area contributed by atoms with Gasteiger partial charge in [0.05, 0.1) is 12.7 Å². The Balaban J connectivity index is 2.04. The smallest absolute Gasteiger partial charge is 0.330 e. The number of aryl methyl sites for hydroxylation is 1. The highest BCUT2D eigenvalue weighted by molar-refractivity contribution is 5.69. The van der Waals surface area contributed by atoms with Crippen LogP contribution in [0, 0.1) is 6.92 Å². The van der Waals surface area contributed by atoms with E-state index in [0.29, 0.717) is 25.0 Å². The molecule has 2 rings (SSSR count). The Bertz CT molecular complexity index is 651. The summed E-state index contributed by atoms with van der Waals surface area (Å²) in [5.74, 6) is -0.293. The van der Waals surface area contributed by atoms with Gasteiger partial charge in [0.1, 0.15) is 6.23 Å². The first-order valence-corrected chi connectivity index (χ1v) is 7.31. The Morgan fingerprint density at radius 3 is 2.95 bits per heavy atom. The minimum absolute atomic E-state index is 0.221. The van der Waals surface area contributed by atoms with Gasteiger partial charge >= 0.3 is 11.7 Å². The van der Waals surface area contributed by atoms with Gasteiger partial charge in [-0.1, -0.05) is 0 Å². The van der Waals surface area contributed by atoms with E-state index in [4.69, 9.17) is 15.2 Å².